The molecule has 2 aliphatic rings. The fourth-order valence-electron chi connectivity index (χ4n) is 10.2. The van der Waals surface area contributed by atoms with Crippen molar-refractivity contribution >= 4 is 17.8 Å². The Hall–Kier alpha value is -2.23. The molecule has 0 aromatic carbocycles. The number of nitrogens with two attached hydrogens (primary N) is 1. The number of carbonyl (C=O) groups is 3. The van der Waals surface area contributed by atoms with Crippen LogP contribution >= 0.6 is 0 Å². The Morgan fingerprint density at radius 2 is 1.13 bits per heavy atom. The number of aliphatic carboxylic acids is 1. The van der Waals surface area contributed by atoms with Gasteiger partial charge in [-0.15, -0.1) is 0 Å². The number of hydrogen-bond acceptors (Lipinski definition) is 19. The predicted molar refractivity (Wildman–Crippen MR) is 290 cm³/mol. The van der Waals surface area contributed by atoms with E-state index in [0.29, 0.717) is 18.8 Å². The molecule has 0 bridgehead atoms. The van der Waals surface area contributed by atoms with E-state index in [9.17, 15) is 75.7 Å². The second kappa shape index (κ2) is 40.9. The standard InChI is InChI=1S/C56H107N3O19/c1-4-5-6-7-8-9-10-11-12-13-14-15-16-17-18-23-26-29-32-39(63)52(72)59-53(44(57)46(67)38(62)31-28-25-22-20-19-21-24-27-30-37(2)3)77-54-50(71)49(70)48(69)42(76-54)36-75-56(55(73)74)33-40(64)45(58-43(66)35-61)51(78-56)47(68)41(65)34-60/h37-42,44-51,53-54,60-65,67-71H,4-36,57H2,1-3H3,(H,58,66)(H,59,72)(H,73,74)/t38-,39-,40+,41-,42-,44+,45-,46-,47-,48-,49+,50-,51-,53?,54+,56-/m1/s1. The lowest BCUT2D eigenvalue weighted by Gasteiger charge is -2.47. The van der Waals surface area contributed by atoms with Crippen molar-refractivity contribution in [1.29, 1.82) is 0 Å². The molecule has 0 saturated carbocycles. The van der Waals surface area contributed by atoms with Gasteiger partial charge >= 0.3 is 5.97 Å². The van der Waals surface area contributed by atoms with Crippen LogP contribution in [0.15, 0.2) is 0 Å². The summed E-state index contributed by atoms with van der Waals surface area (Å²) in [6.45, 7) is 3.48. The molecule has 22 nitrogen and oxygen atoms in total. The summed E-state index contributed by atoms with van der Waals surface area (Å²) in [4.78, 5) is 38.5. The lowest BCUT2D eigenvalue weighted by molar-refractivity contribution is -0.344. The van der Waals surface area contributed by atoms with Gasteiger partial charge in [0.1, 0.15) is 55.4 Å². The largest absolute Gasteiger partial charge is 0.477 e. The van der Waals surface area contributed by atoms with Crippen molar-refractivity contribution in [3.8, 4) is 0 Å². The SMILES string of the molecule is CCCCCCCCCCCCCCCCCCCC[C@@H](O)C(=O)NC(O[C@@H]1O[C@H](CO[C@]2(C(=O)O)C[C@H](O)[C@@H](NC(=O)CO)[C@H]([C@H](O)[C@H](O)CO)O2)[C@@H](O)[C@H](O)[C@H]1O)[C@@H](N)[C@H](O)[C@H](O)CCCCCCCCCCC(C)C. The molecule has 2 aliphatic heterocycles. The minimum absolute atomic E-state index is 0.0655. The lowest BCUT2D eigenvalue weighted by Crippen LogP contribution is -2.69. The molecule has 16 N–H and O–H groups in total. The van der Waals surface area contributed by atoms with Gasteiger partial charge in [-0.2, -0.15) is 0 Å². The Morgan fingerprint density at radius 1 is 0.654 bits per heavy atom. The fourth-order valence-corrected chi connectivity index (χ4v) is 10.2. The molecule has 0 aromatic heterocycles. The Labute approximate surface area is 464 Å². The third kappa shape index (κ3) is 26.8. The number of ether oxygens (including phenoxy) is 4. The van der Waals surface area contributed by atoms with Crippen LogP contribution in [0.3, 0.4) is 0 Å². The Bertz CT molecular complexity index is 1570. The zero-order chi connectivity index (χ0) is 58.0. The van der Waals surface area contributed by atoms with E-state index in [1.807, 2.05) is 0 Å². The summed E-state index contributed by atoms with van der Waals surface area (Å²) < 4.78 is 22.9. The number of carboxylic acids is 1. The molecule has 78 heavy (non-hydrogen) atoms. The smallest absolute Gasteiger partial charge is 0.364 e. The van der Waals surface area contributed by atoms with Gasteiger partial charge in [0.2, 0.25) is 5.91 Å². The summed E-state index contributed by atoms with van der Waals surface area (Å²) in [5.74, 6) is -6.21. The molecule has 2 saturated heterocycles. The van der Waals surface area contributed by atoms with Crippen LogP contribution in [0, 0.1) is 5.92 Å². The van der Waals surface area contributed by atoms with Crippen LogP contribution in [0.4, 0.5) is 0 Å². The van der Waals surface area contributed by atoms with Crippen LogP contribution < -0.4 is 16.4 Å². The van der Waals surface area contributed by atoms with Crippen molar-refractivity contribution in [3.63, 3.8) is 0 Å². The zero-order valence-corrected chi connectivity index (χ0v) is 47.4. The van der Waals surface area contributed by atoms with Crippen molar-refractivity contribution in [3.05, 3.63) is 0 Å². The molecule has 460 valence electrons. The Kier molecular flexibility index (Phi) is 37.7. The molecule has 2 fully saturated rings. The average Bonchev–Trinajstić information content (AvgIpc) is 3.42. The van der Waals surface area contributed by atoms with Gasteiger partial charge in [-0.25, -0.2) is 4.79 Å². The van der Waals surface area contributed by atoms with Crippen molar-refractivity contribution in [2.75, 3.05) is 19.8 Å². The van der Waals surface area contributed by atoms with Gasteiger partial charge in [0.15, 0.2) is 12.5 Å². The Morgan fingerprint density at radius 3 is 1.59 bits per heavy atom. The maximum absolute atomic E-state index is 13.6. The topological polar surface area (TPSA) is 381 Å². The second-order valence-corrected chi connectivity index (χ2v) is 22.5. The van der Waals surface area contributed by atoms with Crippen molar-refractivity contribution in [2.45, 2.75) is 311 Å². The molecule has 2 heterocycles. The van der Waals surface area contributed by atoms with Crippen LogP contribution in [0.2, 0.25) is 0 Å². The number of hydrogen-bond donors (Lipinski definition) is 15. The van der Waals surface area contributed by atoms with Crippen LogP contribution in [0.1, 0.15) is 213 Å². The van der Waals surface area contributed by atoms with Crippen LogP contribution in [0.25, 0.3) is 0 Å². The van der Waals surface area contributed by atoms with Gasteiger partial charge in [0, 0.05) is 6.42 Å². The summed E-state index contributed by atoms with van der Waals surface area (Å²) in [5.41, 5.74) is 6.48. The summed E-state index contributed by atoms with van der Waals surface area (Å²) in [6.07, 6.45) is 4.76. The number of nitrogens with one attached hydrogen (secondary N) is 2. The highest BCUT2D eigenvalue weighted by Gasteiger charge is 2.57. The third-order valence-corrected chi connectivity index (χ3v) is 15.3. The number of rotatable bonds is 46. The van der Waals surface area contributed by atoms with Crippen LogP contribution in [0.5, 0.6) is 0 Å². The first-order chi connectivity index (χ1) is 37.2. The van der Waals surface area contributed by atoms with E-state index in [1.165, 1.54) is 96.3 Å². The predicted octanol–water partition coefficient (Wildman–Crippen LogP) is 2.79. The van der Waals surface area contributed by atoms with Gasteiger partial charge in [0.05, 0.1) is 43.6 Å². The van der Waals surface area contributed by atoms with Crippen molar-refractivity contribution < 1.29 is 94.6 Å². The van der Waals surface area contributed by atoms with Gasteiger partial charge in [-0.05, 0) is 18.8 Å². The van der Waals surface area contributed by atoms with E-state index in [1.54, 1.807) is 0 Å². The molecule has 22 heteroatoms. The minimum Gasteiger partial charge on any atom is -0.477 e. The fraction of sp³-hybridized carbons (Fsp3) is 0.946. The number of aliphatic hydroxyl groups excluding tert-OH is 11. The van der Waals surface area contributed by atoms with E-state index >= 15 is 0 Å². The molecule has 0 spiro atoms. The molecule has 16 atom stereocenters. The Balaban J connectivity index is 2.11. The van der Waals surface area contributed by atoms with Gasteiger partial charge in [-0.1, -0.05) is 194 Å². The zero-order valence-electron chi connectivity index (χ0n) is 47.4. The third-order valence-electron chi connectivity index (χ3n) is 15.3. The van der Waals surface area contributed by atoms with Crippen LogP contribution in [-0.4, -0.2) is 196 Å². The highest BCUT2D eigenvalue weighted by molar-refractivity contribution is 5.80. The summed E-state index contributed by atoms with van der Waals surface area (Å²) in [7, 11) is 0. The number of unbranched alkanes of at least 4 members (excludes halogenated alkanes) is 24. The molecular formula is C56H107N3O19. The normalized spacial score (nSPS) is 26.5. The van der Waals surface area contributed by atoms with Crippen molar-refractivity contribution in [1.82, 2.24) is 10.6 Å². The molecule has 0 aromatic rings. The number of carboxylic acid groups (broad SMARTS) is 1. The molecular weight excluding hydrogens is 1020 g/mol. The first kappa shape index (κ1) is 71.9. The van der Waals surface area contributed by atoms with E-state index in [0.717, 1.165) is 64.2 Å². The van der Waals surface area contributed by atoms with E-state index in [4.69, 9.17) is 24.7 Å². The summed E-state index contributed by atoms with van der Waals surface area (Å²) in [6, 6.07) is -3.30. The molecule has 1 unspecified atom stereocenters. The quantitative estimate of drug-likeness (QED) is 0.0308. The lowest BCUT2D eigenvalue weighted by atomic mass is 9.88. The van der Waals surface area contributed by atoms with Gasteiger partial charge < -0.3 is 96.6 Å². The monoisotopic (exact) mass is 1130 g/mol. The van der Waals surface area contributed by atoms with E-state index in [-0.39, 0.29) is 12.8 Å². The van der Waals surface area contributed by atoms with Gasteiger partial charge in [0.25, 0.3) is 11.7 Å². The number of aliphatic hydroxyl groups is 11. The first-order valence-electron chi connectivity index (χ1n) is 29.8. The summed E-state index contributed by atoms with van der Waals surface area (Å²) in [5, 5.41) is 132. The van der Waals surface area contributed by atoms with Crippen molar-refractivity contribution in [2.24, 2.45) is 11.7 Å². The first-order valence-corrected chi connectivity index (χ1v) is 29.8. The average molecular weight is 1130 g/mol. The maximum atomic E-state index is 13.6. The number of carbonyl (C=O) groups excluding carboxylic acids is 2. The van der Waals surface area contributed by atoms with Gasteiger partial charge in [-0.3, -0.25) is 9.59 Å². The minimum atomic E-state index is -2.94. The molecule has 2 rings (SSSR count). The summed E-state index contributed by atoms with van der Waals surface area (Å²) >= 11 is 0. The molecule has 0 aliphatic carbocycles. The highest BCUT2D eigenvalue weighted by Crippen LogP contribution is 2.35. The molecule has 0 radical (unpaired) electrons. The van der Waals surface area contributed by atoms with E-state index in [2.05, 4.69) is 31.4 Å². The maximum Gasteiger partial charge on any atom is 0.364 e. The van der Waals surface area contributed by atoms with Crippen LogP contribution in [-0.2, 0) is 33.3 Å². The molecule has 2 amide bonds. The number of amides is 2. The highest BCUT2D eigenvalue weighted by atomic mass is 16.7. The second-order valence-electron chi connectivity index (χ2n) is 22.5. The van der Waals surface area contributed by atoms with E-state index < -0.39 is 142 Å².